The van der Waals surface area contributed by atoms with Crippen molar-refractivity contribution in [1.82, 2.24) is 10.6 Å². The molecule has 0 saturated carbocycles. The molecule has 2 rings (SSSR count). The van der Waals surface area contributed by atoms with Crippen molar-refractivity contribution in [2.24, 2.45) is 0 Å². The quantitative estimate of drug-likeness (QED) is 0.668. The summed E-state index contributed by atoms with van der Waals surface area (Å²) in [4.78, 5) is 23.7. The van der Waals surface area contributed by atoms with Gasteiger partial charge in [0.1, 0.15) is 17.3 Å². The van der Waals surface area contributed by atoms with E-state index < -0.39 is 17.8 Å². The Morgan fingerprint density at radius 2 is 1.80 bits per heavy atom. The Morgan fingerprint density at radius 1 is 1.12 bits per heavy atom. The molecule has 2 amide bonds. The number of nitrogens with one attached hydrogen (secondary N) is 2. The minimum atomic E-state index is -0.733. The average molecular weight is 346 g/mol. The Bertz CT molecular complexity index is 734. The van der Waals surface area contributed by atoms with Crippen LogP contribution in [0, 0.1) is 5.82 Å². The highest BCUT2D eigenvalue weighted by Gasteiger charge is 2.14. The van der Waals surface area contributed by atoms with Gasteiger partial charge in [-0.25, -0.2) is 4.39 Å². The van der Waals surface area contributed by atoms with Crippen LogP contribution in [0.5, 0.6) is 11.5 Å². The van der Waals surface area contributed by atoms with Crippen molar-refractivity contribution in [3.8, 4) is 11.5 Å². The fourth-order valence-electron chi connectivity index (χ4n) is 2.02. The molecule has 0 saturated heterocycles. The molecule has 2 aromatic rings. The Balaban J connectivity index is 1.71. The van der Waals surface area contributed by atoms with Crippen molar-refractivity contribution >= 4 is 11.8 Å². The Hall–Kier alpha value is -3.09. The molecule has 2 aromatic carbocycles. The molecule has 0 radical (unpaired) electrons. The van der Waals surface area contributed by atoms with Gasteiger partial charge in [0.15, 0.2) is 6.10 Å². The first-order valence-corrected chi connectivity index (χ1v) is 7.73. The minimum Gasteiger partial charge on any atom is -0.508 e. The number of rotatable bonds is 7. The molecule has 1 unspecified atom stereocenters. The Labute approximate surface area is 144 Å². The number of carbonyl (C=O) groups excluding carboxylic acids is 2. The van der Waals surface area contributed by atoms with Crippen LogP contribution in [0.2, 0.25) is 0 Å². The van der Waals surface area contributed by atoms with Gasteiger partial charge in [-0.1, -0.05) is 6.07 Å². The third-order valence-electron chi connectivity index (χ3n) is 3.32. The number of hydrogen-bond donors (Lipinski definition) is 3. The highest BCUT2D eigenvalue weighted by atomic mass is 19.1. The molecule has 0 aliphatic heterocycles. The summed E-state index contributed by atoms with van der Waals surface area (Å²) in [5.74, 6) is -0.672. The number of hydrogen-bond acceptors (Lipinski definition) is 4. The van der Waals surface area contributed by atoms with Gasteiger partial charge >= 0.3 is 0 Å². The molecule has 0 bridgehead atoms. The molecule has 25 heavy (non-hydrogen) atoms. The van der Waals surface area contributed by atoms with Crippen molar-refractivity contribution in [2.75, 3.05) is 13.1 Å². The molecule has 7 heteroatoms. The summed E-state index contributed by atoms with van der Waals surface area (Å²) >= 11 is 0. The lowest BCUT2D eigenvalue weighted by atomic mass is 10.2. The van der Waals surface area contributed by atoms with Crippen LogP contribution in [0.1, 0.15) is 17.3 Å². The highest BCUT2D eigenvalue weighted by Crippen LogP contribution is 2.17. The molecule has 0 aromatic heterocycles. The van der Waals surface area contributed by atoms with E-state index in [0.717, 1.165) is 6.07 Å². The van der Waals surface area contributed by atoms with E-state index in [1.807, 2.05) is 0 Å². The fourth-order valence-corrected chi connectivity index (χ4v) is 2.02. The van der Waals surface area contributed by atoms with E-state index in [9.17, 15) is 19.1 Å². The lowest BCUT2D eigenvalue weighted by molar-refractivity contribution is -0.127. The number of halogens is 1. The van der Waals surface area contributed by atoms with Crippen LogP contribution < -0.4 is 15.4 Å². The molecular formula is C18H19FN2O4. The zero-order chi connectivity index (χ0) is 18.2. The van der Waals surface area contributed by atoms with Gasteiger partial charge in [-0.15, -0.1) is 0 Å². The maximum Gasteiger partial charge on any atom is 0.260 e. The van der Waals surface area contributed by atoms with E-state index >= 15 is 0 Å². The van der Waals surface area contributed by atoms with Gasteiger partial charge in [-0.2, -0.15) is 0 Å². The summed E-state index contributed by atoms with van der Waals surface area (Å²) in [6.07, 6.45) is -0.733. The van der Waals surface area contributed by atoms with Crippen LogP contribution in [0.15, 0.2) is 48.5 Å². The lowest BCUT2D eigenvalue weighted by Gasteiger charge is -2.15. The Morgan fingerprint density at radius 3 is 2.48 bits per heavy atom. The summed E-state index contributed by atoms with van der Waals surface area (Å²) in [6, 6.07) is 11.4. The van der Waals surface area contributed by atoms with Gasteiger partial charge in [0, 0.05) is 18.7 Å². The second-order valence-electron chi connectivity index (χ2n) is 5.31. The molecule has 3 N–H and O–H groups in total. The molecule has 0 aliphatic rings. The monoisotopic (exact) mass is 346 g/mol. The first kappa shape index (κ1) is 18.3. The van der Waals surface area contributed by atoms with Gasteiger partial charge in [-0.05, 0) is 49.4 Å². The van der Waals surface area contributed by atoms with Crippen molar-refractivity contribution in [1.29, 1.82) is 0 Å². The van der Waals surface area contributed by atoms with Crippen molar-refractivity contribution < 1.29 is 23.8 Å². The van der Waals surface area contributed by atoms with Crippen molar-refractivity contribution in [3.05, 3.63) is 59.9 Å². The van der Waals surface area contributed by atoms with E-state index in [1.54, 1.807) is 19.1 Å². The maximum absolute atomic E-state index is 13.0. The molecule has 132 valence electrons. The molecule has 0 aliphatic carbocycles. The number of phenolic OH excluding ortho intramolecular Hbond substituents is 1. The van der Waals surface area contributed by atoms with E-state index in [1.165, 1.54) is 30.3 Å². The van der Waals surface area contributed by atoms with E-state index in [-0.39, 0.29) is 30.3 Å². The van der Waals surface area contributed by atoms with E-state index in [0.29, 0.717) is 5.75 Å². The van der Waals surface area contributed by atoms with Gasteiger partial charge in [0.2, 0.25) is 0 Å². The lowest BCUT2D eigenvalue weighted by Crippen LogP contribution is -2.40. The van der Waals surface area contributed by atoms with Crippen LogP contribution in [0.25, 0.3) is 0 Å². The van der Waals surface area contributed by atoms with Crippen LogP contribution in [0.3, 0.4) is 0 Å². The Kier molecular flexibility index (Phi) is 6.33. The fraction of sp³-hybridized carbons (Fsp3) is 0.222. The van der Waals surface area contributed by atoms with Crippen molar-refractivity contribution in [3.63, 3.8) is 0 Å². The van der Waals surface area contributed by atoms with Gasteiger partial charge < -0.3 is 20.5 Å². The molecule has 0 heterocycles. The zero-order valence-electron chi connectivity index (χ0n) is 13.7. The first-order valence-electron chi connectivity index (χ1n) is 7.73. The van der Waals surface area contributed by atoms with Gasteiger partial charge in [0.05, 0.1) is 0 Å². The van der Waals surface area contributed by atoms with Gasteiger partial charge in [-0.3, -0.25) is 9.59 Å². The SMILES string of the molecule is CC(Oc1ccc(O)cc1)C(=O)NCCNC(=O)c1cccc(F)c1. The van der Waals surface area contributed by atoms with Crippen LogP contribution in [-0.2, 0) is 4.79 Å². The smallest absolute Gasteiger partial charge is 0.260 e. The number of phenols is 1. The normalized spacial score (nSPS) is 11.4. The van der Waals surface area contributed by atoms with E-state index in [4.69, 9.17) is 4.74 Å². The van der Waals surface area contributed by atoms with Crippen molar-refractivity contribution in [2.45, 2.75) is 13.0 Å². The predicted octanol–water partition coefficient (Wildman–Crippen LogP) is 1.84. The van der Waals surface area contributed by atoms with E-state index in [2.05, 4.69) is 10.6 Å². The topological polar surface area (TPSA) is 87.7 Å². The summed E-state index contributed by atoms with van der Waals surface area (Å²) in [5, 5.41) is 14.4. The second-order valence-corrected chi connectivity index (χ2v) is 5.31. The third-order valence-corrected chi connectivity index (χ3v) is 3.32. The number of aromatic hydroxyl groups is 1. The molecule has 6 nitrogen and oxygen atoms in total. The van der Waals surface area contributed by atoms with Crippen LogP contribution in [0.4, 0.5) is 4.39 Å². The van der Waals surface area contributed by atoms with Gasteiger partial charge in [0.25, 0.3) is 11.8 Å². The largest absolute Gasteiger partial charge is 0.508 e. The zero-order valence-corrected chi connectivity index (χ0v) is 13.7. The molecule has 0 spiro atoms. The average Bonchev–Trinajstić information content (AvgIpc) is 2.60. The van der Waals surface area contributed by atoms with Crippen LogP contribution in [-0.4, -0.2) is 36.1 Å². The molecular weight excluding hydrogens is 327 g/mol. The summed E-state index contributed by atoms with van der Waals surface area (Å²) < 4.78 is 18.5. The first-order chi connectivity index (χ1) is 12.0. The summed E-state index contributed by atoms with van der Waals surface area (Å²) in [5.41, 5.74) is 0.218. The minimum absolute atomic E-state index is 0.110. The summed E-state index contributed by atoms with van der Waals surface area (Å²) in [6.45, 7) is 2.00. The maximum atomic E-state index is 13.0. The standard InChI is InChI=1S/C18H19FN2O4/c1-12(25-16-7-5-15(22)6-8-16)17(23)20-9-10-21-18(24)13-3-2-4-14(19)11-13/h2-8,11-12,22H,9-10H2,1H3,(H,20,23)(H,21,24). The number of benzene rings is 2. The van der Waals surface area contributed by atoms with Crippen LogP contribution >= 0.6 is 0 Å². The predicted molar refractivity (Wildman–Crippen MR) is 89.9 cm³/mol. The highest BCUT2D eigenvalue weighted by molar-refractivity contribution is 5.94. The molecule has 1 atom stereocenters. The number of ether oxygens (including phenoxy) is 1. The number of amides is 2. The number of carbonyl (C=O) groups is 2. The summed E-state index contributed by atoms with van der Waals surface area (Å²) in [7, 11) is 0. The third kappa shape index (κ3) is 5.80. The molecule has 0 fully saturated rings. The second kappa shape index (κ2) is 8.68.